The highest BCUT2D eigenvalue weighted by molar-refractivity contribution is 5.76. The number of aliphatic hydroxyl groups excluding tert-OH is 2. The van der Waals surface area contributed by atoms with Crippen LogP contribution in [0.3, 0.4) is 0 Å². The molecule has 3 N–H and O–H groups in total. The molecule has 2 atom stereocenters. The van der Waals surface area contributed by atoms with Crippen LogP contribution < -0.4 is 5.32 Å². The number of allylic oxidation sites excluding steroid dienone is 2. The summed E-state index contributed by atoms with van der Waals surface area (Å²) in [7, 11) is 0. The number of aliphatic hydroxyl groups is 2. The van der Waals surface area contributed by atoms with Gasteiger partial charge in [0.25, 0.3) is 0 Å². The number of ether oxygens (including phenoxy) is 1. The van der Waals surface area contributed by atoms with Crippen molar-refractivity contribution in [3.63, 3.8) is 0 Å². The number of nitrogens with one attached hydrogen (secondary N) is 1. The van der Waals surface area contributed by atoms with E-state index in [1.807, 2.05) is 0 Å². The SMILES string of the molecule is CCCCCC/C=C\CCCCCCCC(=O)OCCCCCCCCCCCCCCCCCCCCCCCCCCCC(=O)NC(CO)C(O)CCCCCCCCCCCCCCCC. The molecule has 6 nitrogen and oxygen atoms in total. The minimum Gasteiger partial charge on any atom is -0.466 e. The Morgan fingerprint density at radius 2 is 0.681 bits per heavy atom. The van der Waals surface area contributed by atoms with Gasteiger partial charge in [-0.25, -0.2) is 0 Å². The van der Waals surface area contributed by atoms with E-state index in [0.717, 1.165) is 44.9 Å². The molecule has 0 rings (SSSR count). The third kappa shape index (κ3) is 55.8. The molecule has 0 fully saturated rings. The van der Waals surface area contributed by atoms with Crippen LogP contribution in [0, 0.1) is 0 Å². The summed E-state index contributed by atoms with van der Waals surface area (Å²) in [4.78, 5) is 24.5. The normalized spacial score (nSPS) is 12.6. The summed E-state index contributed by atoms with van der Waals surface area (Å²) < 4.78 is 5.48. The Bertz CT molecular complexity index is 1030. The summed E-state index contributed by atoms with van der Waals surface area (Å²) in [6.45, 7) is 4.96. The third-order valence-electron chi connectivity index (χ3n) is 14.8. The molecular weight excluding hydrogens is 851 g/mol. The molecule has 6 heteroatoms. The van der Waals surface area contributed by atoms with E-state index in [4.69, 9.17) is 4.74 Å². The van der Waals surface area contributed by atoms with Crippen molar-refractivity contribution in [2.45, 2.75) is 366 Å². The number of hydrogen-bond acceptors (Lipinski definition) is 5. The summed E-state index contributed by atoms with van der Waals surface area (Å²) in [6.07, 6.45) is 70.8. The maximum absolute atomic E-state index is 12.5. The fraction of sp³-hybridized carbons (Fsp3) is 0.937. The van der Waals surface area contributed by atoms with Crippen LogP contribution in [-0.2, 0) is 14.3 Å². The van der Waals surface area contributed by atoms with Gasteiger partial charge >= 0.3 is 5.97 Å². The fourth-order valence-electron chi connectivity index (χ4n) is 9.99. The molecule has 0 aromatic heterocycles. The zero-order chi connectivity index (χ0) is 50.0. The molecule has 0 heterocycles. The average molecular weight is 975 g/mol. The van der Waals surface area contributed by atoms with Crippen molar-refractivity contribution in [2.24, 2.45) is 0 Å². The second-order valence-electron chi connectivity index (χ2n) is 21.7. The monoisotopic (exact) mass is 974 g/mol. The van der Waals surface area contributed by atoms with E-state index in [1.165, 1.54) is 276 Å². The van der Waals surface area contributed by atoms with Crippen molar-refractivity contribution < 1.29 is 24.5 Å². The van der Waals surface area contributed by atoms with E-state index in [9.17, 15) is 19.8 Å². The molecule has 0 spiro atoms. The molecule has 0 aliphatic carbocycles. The second kappa shape index (κ2) is 59.2. The fourth-order valence-corrected chi connectivity index (χ4v) is 9.99. The minimum absolute atomic E-state index is 0.00771. The smallest absolute Gasteiger partial charge is 0.305 e. The Labute approximate surface area is 431 Å². The zero-order valence-corrected chi connectivity index (χ0v) is 46.8. The lowest BCUT2D eigenvalue weighted by Gasteiger charge is -2.22. The molecule has 0 bridgehead atoms. The Kier molecular flexibility index (Phi) is 58.0. The molecule has 69 heavy (non-hydrogen) atoms. The van der Waals surface area contributed by atoms with Gasteiger partial charge in [0.15, 0.2) is 0 Å². The lowest BCUT2D eigenvalue weighted by molar-refractivity contribution is -0.143. The van der Waals surface area contributed by atoms with Crippen molar-refractivity contribution in [2.75, 3.05) is 13.2 Å². The van der Waals surface area contributed by atoms with E-state index < -0.39 is 12.1 Å². The van der Waals surface area contributed by atoms with E-state index in [-0.39, 0.29) is 18.5 Å². The van der Waals surface area contributed by atoms with Gasteiger partial charge in [0, 0.05) is 12.8 Å². The summed E-state index contributed by atoms with van der Waals surface area (Å²) in [5.41, 5.74) is 0. The Balaban J connectivity index is 3.35. The van der Waals surface area contributed by atoms with Crippen molar-refractivity contribution >= 4 is 11.9 Å². The quantitative estimate of drug-likeness (QED) is 0.0321. The third-order valence-corrected chi connectivity index (χ3v) is 14.8. The summed E-state index contributed by atoms with van der Waals surface area (Å²) in [5.74, 6) is -0.0234. The van der Waals surface area contributed by atoms with Crippen molar-refractivity contribution in [3.05, 3.63) is 12.2 Å². The van der Waals surface area contributed by atoms with Crippen LogP contribution in [0.4, 0.5) is 0 Å². The lowest BCUT2D eigenvalue weighted by atomic mass is 10.0. The highest BCUT2D eigenvalue weighted by Gasteiger charge is 2.20. The second-order valence-corrected chi connectivity index (χ2v) is 21.7. The molecule has 0 aromatic rings. The largest absolute Gasteiger partial charge is 0.466 e. The van der Waals surface area contributed by atoms with Crippen LogP contribution in [0.15, 0.2) is 12.2 Å². The molecule has 0 aliphatic heterocycles. The maximum Gasteiger partial charge on any atom is 0.305 e. The van der Waals surface area contributed by atoms with E-state index >= 15 is 0 Å². The Morgan fingerprint density at radius 3 is 1.04 bits per heavy atom. The highest BCUT2D eigenvalue weighted by atomic mass is 16.5. The molecular formula is C63H123NO5. The molecule has 0 saturated heterocycles. The predicted octanol–water partition coefficient (Wildman–Crippen LogP) is 19.6. The number of amides is 1. The van der Waals surface area contributed by atoms with Gasteiger partial charge in [-0.1, -0.05) is 302 Å². The number of unbranched alkanes of at least 4 members (excludes halogenated alkanes) is 46. The first kappa shape index (κ1) is 67.6. The number of rotatable bonds is 59. The first-order valence-electron chi connectivity index (χ1n) is 31.4. The molecule has 0 aromatic carbocycles. The van der Waals surface area contributed by atoms with E-state index in [1.54, 1.807) is 0 Å². The van der Waals surface area contributed by atoms with Gasteiger partial charge < -0.3 is 20.3 Å². The molecule has 0 saturated carbocycles. The van der Waals surface area contributed by atoms with Gasteiger partial charge in [-0.15, -0.1) is 0 Å². The molecule has 1 amide bonds. The van der Waals surface area contributed by atoms with Crippen molar-refractivity contribution in [3.8, 4) is 0 Å². The summed E-state index contributed by atoms with van der Waals surface area (Å²) in [6, 6.07) is -0.539. The van der Waals surface area contributed by atoms with Gasteiger partial charge in [0.1, 0.15) is 0 Å². The van der Waals surface area contributed by atoms with Crippen LogP contribution in [-0.4, -0.2) is 47.4 Å². The first-order chi connectivity index (χ1) is 34.0. The highest BCUT2D eigenvalue weighted by Crippen LogP contribution is 2.18. The van der Waals surface area contributed by atoms with Crippen molar-refractivity contribution in [1.29, 1.82) is 0 Å². The summed E-state index contributed by atoms with van der Waals surface area (Å²) in [5, 5.41) is 23.3. The van der Waals surface area contributed by atoms with Crippen LogP contribution in [0.2, 0.25) is 0 Å². The molecule has 2 unspecified atom stereocenters. The molecule has 0 radical (unpaired) electrons. The van der Waals surface area contributed by atoms with Crippen molar-refractivity contribution in [1.82, 2.24) is 5.32 Å². The van der Waals surface area contributed by atoms with Crippen LogP contribution in [0.1, 0.15) is 354 Å². The number of carbonyl (C=O) groups excluding carboxylic acids is 2. The lowest BCUT2D eigenvalue weighted by Crippen LogP contribution is -2.45. The average Bonchev–Trinajstić information content (AvgIpc) is 3.35. The maximum atomic E-state index is 12.5. The predicted molar refractivity (Wildman–Crippen MR) is 301 cm³/mol. The van der Waals surface area contributed by atoms with Gasteiger partial charge in [-0.2, -0.15) is 0 Å². The zero-order valence-electron chi connectivity index (χ0n) is 46.8. The van der Waals surface area contributed by atoms with E-state index in [2.05, 4.69) is 31.3 Å². The Hall–Kier alpha value is -1.40. The first-order valence-corrected chi connectivity index (χ1v) is 31.4. The molecule has 410 valence electrons. The van der Waals surface area contributed by atoms with Gasteiger partial charge in [-0.3, -0.25) is 9.59 Å². The van der Waals surface area contributed by atoms with Gasteiger partial charge in [-0.05, 0) is 51.4 Å². The van der Waals surface area contributed by atoms with Crippen LogP contribution in [0.25, 0.3) is 0 Å². The Morgan fingerprint density at radius 1 is 0.391 bits per heavy atom. The number of hydrogen-bond donors (Lipinski definition) is 3. The minimum atomic E-state index is -0.662. The standard InChI is InChI=1S/C63H123NO5/c1-3-5-7-9-11-13-15-17-32-35-39-43-47-51-55-61(66)60(59-65)64-62(67)56-52-48-44-40-36-33-29-27-25-23-21-19-18-20-22-24-26-28-30-34-38-42-46-50-54-58-69-63(68)57-53-49-45-41-37-31-16-14-12-10-8-6-4-2/h14,16,60-61,65-66H,3-13,15,17-59H2,1-2H3,(H,64,67)/b16-14-. The van der Waals surface area contributed by atoms with Gasteiger partial charge in [0.05, 0.1) is 25.4 Å². The van der Waals surface area contributed by atoms with E-state index in [0.29, 0.717) is 25.9 Å². The number of carbonyl (C=O) groups is 2. The topological polar surface area (TPSA) is 95.9 Å². The summed E-state index contributed by atoms with van der Waals surface area (Å²) >= 11 is 0. The number of esters is 1. The van der Waals surface area contributed by atoms with Gasteiger partial charge in [0.2, 0.25) is 5.91 Å². The van der Waals surface area contributed by atoms with Crippen LogP contribution in [0.5, 0.6) is 0 Å². The molecule has 0 aliphatic rings. The van der Waals surface area contributed by atoms with Crippen LogP contribution >= 0.6 is 0 Å².